The van der Waals surface area contributed by atoms with Crippen molar-refractivity contribution in [3.05, 3.63) is 18.2 Å². The fourth-order valence-electron chi connectivity index (χ4n) is 1.35. The van der Waals surface area contributed by atoms with Gasteiger partial charge in [0.15, 0.2) is 6.61 Å². The number of nitrogen functional groups attached to an aromatic ring is 1. The molecule has 1 aliphatic heterocycles. The Bertz CT molecular complexity index is 381. The Morgan fingerprint density at radius 1 is 1.57 bits per heavy atom. The topological polar surface area (TPSA) is 55.6 Å². The lowest BCUT2D eigenvalue weighted by Crippen LogP contribution is -2.37. The van der Waals surface area contributed by atoms with E-state index in [0.29, 0.717) is 16.9 Å². The molecule has 4 nitrogen and oxygen atoms in total. The highest BCUT2D eigenvalue weighted by molar-refractivity contribution is 9.09. The zero-order chi connectivity index (χ0) is 10.1. The molecule has 0 aromatic heterocycles. The first-order chi connectivity index (χ1) is 6.72. The number of benzene rings is 1. The first-order valence-corrected chi connectivity index (χ1v) is 5.23. The Morgan fingerprint density at radius 2 is 2.36 bits per heavy atom. The highest BCUT2D eigenvalue weighted by atomic mass is 79.9. The number of alkyl halides is 1. The van der Waals surface area contributed by atoms with Crippen molar-refractivity contribution in [3.8, 4) is 5.75 Å². The quantitative estimate of drug-likeness (QED) is 0.469. The average molecular weight is 257 g/mol. The van der Waals surface area contributed by atoms with Gasteiger partial charge in [-0.3, -0.25) is 9.69 Å². The molecule has 0 spiro atoms. The molecule has 1 heterocycles. The number of anilines is 2. The molecule has 14 heavy (non-hydrogen) atoms. The second kappa shape index (κ2) is 3.49. The Morgan fingerprint density at radius 3 is 3.07 bits per heavy atom. The first kappa shape index (κ1) is 9.33. The van der Waals surface area contributed by atoms with E-state index in [4.69, 9.17) is 10.5 Å². The van der Waals surface area contributed by atoms with Gasteiger partial charge in [0.05, 0.1) is 11.1 Å². The number of carbonyl (C=O) groups is 1. The van der Waals surface area contributed by atoms with Crippen LogP contribution in [0.25, 0.3) is 0 Å². The van der Waals surface area contributed by atoms with Crippen LogP contribution in [0.3, 0.4) is 0 Å². The minimum atomic E-state index is -0.0695. The van der Waals surface area contributed by atoms with Gasteiger partial charge in [0.1, 0.15) is 5.75 Å². The van der Waals surface area contributed by atoms with Gasteiger partial charge in [0.2, 0.25) is 0 Å². The summed E-state index contributed by atoms with van der Waals surface area (Å²) < 4.78 is 5.26. The van der Waals surface area contributed by atoms with Gasteiger partial charge in [-0.1, -0.05) is 15.9 Å². The molecular formula is C9H9BrN2O2. The molecule has 0 saturated heterocycles. The van der Waals surface area contributed by atoms with Gasteiger partial charge in [0, 0.05) is 5.69 Å². The molecular weight excluding hydrogens is 248 g/mol. The highest BCUT2D eigenvalue weighted by Gasteiger charge is 2.24. The molecule has 0 fully saturated rings. The summed E-state index contributed by atoms with van der Waals surface area (Å²) >= 11 is 3.25. The van der Waals surface area contributed by atoms with E-state index in [0.717, 1.165) is 5.69 Å². The third-order valence-electron chi connectivity index (χ3n) is 2.05. The minimum absolute atomic E-state index is 0.0695. The van der Waals surface area contributed by atoms with Crippen molar-refractivity contribution in [2.75, 3.05) is 22.7 Å². The zero-order valence-corrected chi connectivity index (χ0v) is 8.95. The van der Waals surface area contributed by atoms with Crippen LogP contribution in [0, 0.1) is 0 Å². The van der Waals surface area contributed by atoms with Gasteiger partial charge >= 0.3 is 0 Å². The molecule has 0 atom stereocenters. The summed E-state index contributed by atoms with van der Waals surface area (Å²) in [5, 5.41) is 0. The number of rotatable bonds is 1. The third kappa shape index (κ3) is 1.43. The number of halogens is 1. The lowest BCUT2D eigenvalue weighted by Gasteiger charge is -2.27. The smallest absolute Gasteiger partial charge is 0.265 e. The van der Waals surface area contributed by atoms with Crippen LogP contribution in [0.15, 0.2) is 18.2 Å². The molecule has 0 aliphatic carbocycles. The minimum Gasteiger partial charge on any atom is -0.482 e. The number of hydrogen-bond acceptors (Lipinski definition) is 3. The summed E-state index contributed by atoms with van der Waals surface area (Å²) in [7, 11) is 0. The van der Waals surface area contributed by atoms with Crippen LogP contribution < -0.4 is 15.4 Å². The number of carbonyl (C=O) groups excluding carboxylic acids is 1. The summed E-state index contributed by atoms with van der Waals surface area (Å²) in [4.78, 5) is 13.0. The van der Waals surface area contributed by atoms with E-state index in [2.05, 4.69) is 15.9 Å². The van der Waals surface area contributed by atoms with Crippen molar-refractivity contribution in [1.82, 2.24) is 0 Å². The fourth-order valence-corrected chi connectivity index (χ4v) is 1.90. The number of hydrogen-bond donors (Lipinski definition) is 1. The van der Waals surface area contributed by atoms with Gasteiger partial charge in [-0.05, 0) is 18.2 Å². The SMILES string of the molecule is Nc1ccc2c(c1)N(CBr)C(=O)CO2. The van der Waals surface area contributed by atoms with Crippen LogP contribution in [-0.4, -0.2) is 18.0 Å². The van der Waals surface area contributed by atoms with Crippen LogP contribution in [0.1, 0.15) is 0 Å². The van der Waals surface area contributed by atoms with Gasteiger partial charge in [0.25, 0.3) is 5.91 Å². The van der Waals surface area contributed by atoms with Crippen molar-refractivity contribution in [3.63, 3.8) is 0 Å². The summed E-state index contributed by atoms with van der Waals surface area (Å²) in [5.74, 6) is 0.623. The van der Waals surface area contributed by atoms with Crippen LogP contribution in [0.5, 0.6) is 5.75 Å². The van der Waals surface area contributed by atoms with Crippen LogP contribution in [-0.2, 0) is 4.79 Å². The fraction of sp³-hybridized carbons (Fsp3) is 0.222. The second-order valence-corrected chi connectivity index (χ2v) is 3.46. The molecule has 1 aliphatic rings. The molecule has 5 heteroatoms. The van der Waals surface area contributed by atoms with Crippen molar-refractivity contribution < 1.29 is 9.53 Å². The van der Waals surface area contributed by atoms with Crippen molar-refractivity contribution in [2.24, 2.45) is 0 Å². The predicted molar refractivity (Wildman–Crippen MR) is 57.6 cm³/mol. The molecule has 2 rings (SSSR count). The third-order valence-corrected chi connectivity index (χ3v) is 2.55. The molecule has 1 aromatic carbocycles. The van der Waals surface area contributed by atoms with E-state index >= 15 is 0 Å². The van der Waals surface area contributed by atoms with Crippen molar-refractivity contribution >= 4 is 33.2 Å². The van der Waals surface area contributed by atoms with Crippen molar-refractivity contribution in [1.29, 1.82) is 0 Å². The normalized spacial score (nSPS) is 14.9. The maximum Gasteiger partial charge on any atom is 0.265 e. The predicted octanol–water partition coefficient (Wildman–Crippen LogP) is 1.35. The molecule has 0 radical (unpaired) electrons. The number of nitrogens with two attached hydrogens (primary N) is 1. The molecule has 2 N–H and O–H groups in total. The van der Waals surface area contributed by atoms with Gasteiger partial charge in [-0.15, -0.1) is 0 Å². The summed E-state index contributed by atoms with van der Waals surface area (Å²) in [6, 6.07) is 5.25. The van der Waals surface area contributed by atoms with E-state index in [1.807, 2.05) is 0 Å². The first-order valence-electron chi connectivity index (χ1n) is 4.11. The summed E-state index contributed by atoms with van der Waals surface area (Å²) in [6.45, 7) is 0.0858. The van der Waals surface area contributed by atoms with Crippen LogP contribution in [0.4, 0.5) is 11.4 Å². The van der Waals surface area contributed by atoms with E-state index in [-0.39, 0.29) is 12.5 Å². The molecule has 0 unspecified atom stereocenters. The molecule has 74 valence electrons. The monoisotopic (exact) mass is 256 g/mol. The van der Waals surface area contributed by atoms with E-state index in [1.54, 1.807) is 23.1 Å². The maximum absolute atomic E-state index is 11.4. The Labute approximate surface area is 89.8 Å². The lowest BCUT2D eigenvalue weighted by molar-refractivity contribution is -0.121. The van der Waals surface area contributed by atoms with Crippen LogP contribution in [0.2, 0.25) is 0 Å². The lowest BCUT2D eigenvalue weighted by atomic mass is 10.2. The molecule has 1 aromatic rings. The Hall–Kier alpha value is -1.23. The van der Waals surface area contributed by atoms with Gasteiger partial charge < -0.3 is 10.5 Å². The van der Waals surface area contributed by atoms with Gasteiger partial charge in [-0.25, -0.2) is 0 Å². The average Bonchev–Trinajstić information content (AvgIpc) is 2.17. The van der Waals surface area contributed by atoms with E-state index in [1.165, 1.54) is 0 Å². The summed E-state index contributed by atoms with van der Waals surface area (Å²) in [6.07, 6.45) is 0. The maximum atomic E-state index is 11.4. The molecule has 0 bridgehead atoms. The largest absolute Gasteiger partial charge is 0.482 e. The molecule has 0 saturated carbocycles. The Kier molecular flexibility index (Phi) is 2.33. The van der Waals surface area contributed by atoms with Crippen molar-refractivity contribution in [2.45, 2.75) is 0 Å². The standard InChI is InChI=1S/C9H9BrN2O2/c10-5-12-7-3-6(11)1-2-8(7)14-4-9(12)13/h1-3H,4-5,11H2. The zero-order valence-electron chi connectivity index (χ0n) is 7.37. The highest BCUT2D eigenvalue weighted by Crippen LogP contribution is 2.33. The number of ether oxygens (including phenoxy) is 1. The van der Waals surface area contributed by atoms with E-state index < -0.39 is 0 Å². The second-order valence-electron chi connectivity index (χ2n) is 2.96. The Balaban J connectivity index is 2.49. The van der Waals surface area contributed by atoms with E-state index in [9.17, 15) is 4.79 Å². The number of fused-ring (bicyclic) bond motifs is 1. The summed E-state index contributed by atoms with van der Waals surface area (Å²) in [5.41, 5.74) is 7.42. The number of nitrogens with zero attached hydrogens (tertiary/aromatic N) is 1. The molecule has 1 amide bonds. The van der Waals surface area contributed by atoms with Gasteiger partial charge in [-0.2, -0.15) is 0 Å². The number of amides is 1. The van der Waals surface area contributed by atoms with Crippen LogP contribution >= 0.6 is 15.9 Å².